The number of carbonyl (C=O) groups excluding carboxylic acids is 2. The Morgan fingerprint density at radius 2 is 1.93 bits per heavy atom. The fourth-order valence-corrected chi connectivity index (χ4v) is 4.28. The number of benzene rings is 1. The Hall–Kier alpha value is -1.97. The van der Waals surface area contributed by atoms with Gasteiger partial charge in [0.1, 0.15) is 5.71 Å². The number of aryl methyl sites for hydroxylation is 1. The third kappa shape index (κ3) is 4.71. The van der Waals surface area contributed by atoms with Crippen LogP contribution in [0.15, 0.2) is 23.3 Å². The van der Waals surface area contributed by atoms with Crippen molar-refractivity contribution in [1.29, 1.82) is 0 Å². The van der Waals surface area contributed by atoms with Crippen LogP contribution in [0.25, 0.3) is 0 Å². The van der Waals surface area contributed by atoms with Crippen molar-refractivity contribution in [3.05, 3.63) is 28.8 Å². The molecule has 2 aliphatic rings. The third-order valence-corrected chi connectivity index (χ3v) is 6.66. The van der Waals surface area contributed by atoms with Crippen LogP contribution in [0.5, 0.6) is 0 Å². The number of carbonyl (C=O) groups is 2. The maximum absolute atomic E-state index is 12.6. The first-order chi connectivity index (χ1) is 13.1. The van der Waals surface area contributed by atoms with Gasteiger partial charge in [0, 0.05) is 37.0 Å². The van der Waals surface area contributed by atoms with Crippen molar-refractivity contribution in [2.45, 2.75) is 38.6 Å². The maximum Gasteiger partial charge on any atom is 0.267 e. The first kappa shape index (κ1) is 20.8. The molecule has 0 spiro atoms. The topological polar surface area (TPSA) is 99.2 Å². The zero-order valence-electron chi connectivity index (χ0n) is 15.8. The highest BCUT2D eigenvalue weighted by Gasteiger charge is 2.29. The van der Waals surface area contributed by atoms with Crippen LogP contribution in [-0.4, -0.2) is 55.6 Å². The summed E-state index contributed by atoms with van der Waals surface area (Å²) in [4.78, 5) is 24.9. The molecule has 0 atom stereocenters. The molecule has 10 heteroatoms. The summed E-state index contributed by atoms with van der Waals surface area (Å²) in [6.45, 7) is 2.62. The molecule has 0 unspecified atom stereocenters. The summed E-state index contributed by atoms with van der Waals surface area (Å²) in [6, 6.07) is 5.07. The zero-order valence-corrected chi connectivity index (χ0v) is 17.4. The minimum Gasteiger partial charge on any atom is -0.348 e. The molecule has 2 aliphatic heterocycles. The molecule has 1 aromatic carbocycles. The van der Waals surface area contributed by atoms with Crippen LogP contribution in [0.2, 0.25) is 5.02 Å². The molecule has 0 aliphatic carbocycles. The molecule has 152 valence electrons. The smallest absolute Gasteiger partial charge is 0.267 e. The van der Waals surface area contributed by atoms with Crippen LogP contribution in [0.3, 0.4) is 0 Å². The van der Waals surface area contributed by atoms with Crippen LogP contribution in [0, 0.1) is 6.92 Å². The third-order valence-electron chi connectivity index (χ3n) is 4.95. The lowest BCUT2D eigenvalue weighted by Crippen LogP contribution is -2.48. The second-order valence-electron chi connectivity index (χ2n) is 7.10. The van der Waals surface area contributed by atoms with E-state index in [-0.39, 0.29) is 36.4 Å². The maximum atomic E-state index is 12.6. The van der Waals surface area contributed by atoms with Crippen LogP contribution in [0.4, 0.5) is 5.69 Å². The van der Waals surface area contributed by atoms with E-state index in [1.54, 1.807) is 18.2 Å². The minimum absolute atomic E-state index is 0.118. The Kier molecular flexibility index (Phi) is 6.07. The fourth-order valence-electron chi connectivity index (χ4n) is 3.23. The Morgan fingerprint density at radius 3 is 2.54 bits per heavy atom. The van der Waals surface area contributed by atoms with E-state index < -0.39 is 10.0 Å². The Labute approximate surface area is 169 Å². The number of anilines is 1. The lowest BCUT2D eigenvalue weighted by molar-refractivity contribution is -0.119. The number of nitrogens with one attached hydrogen (secondary N) is 1. The van der Waals surface area contributed by atoms with E-state index >= 15 is 0 Å². The molecule has 0 saturated carbocycles. The average molecular weight is 427 g/mol. The summed E-state index contributed by atoms with van der Waals surface area (Å²) >= 11 is 6.14. The normalized spacial score (nSPS) is 19.5. The average Bonchev–Trinajstić information content (AvgIpc) is 2.64. The van der Waals surface area contributed by atoms with Crippen LogP contribution < -0.4 is 10.3 Å². The quantitative estimate of drug-likeness (QED) is 0.791. The van der Waals surface area contributed by atoms with E-state index in [0.29, 0.717) is 36.6 Å². The van der Waals surface area contributed by atoms with E-state index in [4.69, 9.17) is 11.6 Å². The summed E-state index contributed by atoms with van der Waals surface area (Å²) < 4.78 is 24.6. The molecule has 1 saturated heterocycles. The lowest BCUT2D eigenvalue weighted by Gasteiger charge is -2.31. The highest BCUT2D eigenvalue weighted by atomic mass is 35.5. The highest BCUT2D eigenvalue weighted by Crippen LogP contribution is 2.26. The highest BCUT2D eigenvalue weighted by molar-refractivity contribution is 7.88. The standard InChI is InChI=1S/C18H23ClN4O4S/c1-12-3-4-14(11-15(12)19)23-17(24)6-5-16(21-23)18(25)20-13-7-9-22(10-8-13)28(2,26)27/h3-4,11,13H,5-10H2,1-2H3,(H,20,25). The van der Waals surface area contributed by atoms with Crippen molar-refractivity contribution >= 4 is 44.8 Å². The molecule has 2 heterocycles. The number of nitrogens with zero attached hydrogens (tertiary/aromatic N) is 3. The molecular formula is C18H23ClN4O4S. The second kappa shape index (κ2) is 8.18. The molecular weight excluding hydrogens is 404 g/mol. The lowest BCUT2D eigenvalue weighted by atomic mass is 10.1. The second-order valence-corrected chi connectivity index (χ2v) is 9.49. The predicted octanol–water partition coefficient (Wildman–Crippen LogP) is 1.67. The van der Waals surface area contributed by atoms with Crippen LogP contribution in [-0.2, 0) is 19.6 Å². The van der Waals surface area contributed by atoms with E-state index in [9.17, 15) is 18.0 Å². The molecule has 8 nitrogen and oxygen atoms in total. The number of rotatable bonds is 4. The van der Waals surface area contributed by atoms with Crippen LogP contribution in [0.1, 0.15) is 31.2 Å². The van der Waals surface area contributed by atoms with Gasteiger partial charge >= 0.3 is 0 Å². The summed E-state index contributed by atoms with van der Waals surface area (Å²) in [5.74, 6) is -0.522. The van der Waals surface area contributed by atoms with E-state index in [1.807, 2.05) is 6.92 Å². The van der Waals surface area contributed by atoms with Gasteiger partial charge in [-0.05, 0) is 37.5 Å². The van der Waals surface area contributed by atoms with Gasteiger partial charge in [-0.15, -0.1) is 0 Å². The monoisotopic (exact) mass is 426 g/mol. The van der Waals surface area contributed by atoms with Crippen molar-refractivity contribution in [1.82, 2.24) is 9.62 Å². The number of sulfonamides is 1. The largest absolute Gasteiger partial charge is 0.348 e. The molecule has 3 rings (SSSR count). The molecule has 0 radical (unpaired) electrons. The molecule has 1 N–H and O–H groups in total. The van der Waals surface area contributed by atoms with Gasteiger partial charge in [0.05, 0.1) is 11.9 Å². The summed E-state index contributed by atoms with van der Waals surface area (Å²) in [5.41, 5.74) is 1.69. The SMILES string of the molecule is Cc1ccc(N2N=C(C(=O)NC3CCN(S(C)(=O)=O)CC3)CCC2=O)cc1Cl. The summed E-state index contributed by atoms with van der Waals surface area (Å²) in [7, 11) is -3.21. The van der Waals surface area contributed by atoms with Gasteiger partial charge < -0.3 is 5.32 Å². The molecule has 28 heavy (non-hydrogen) atoms. The van der Waals surface area contributed by atoms with Crippen molar-refractivity contribution in [2.75, 3.05) is 24.4 Å². The zero-order chi connectivity index (χ0) is 20.5. The van der Waals surface area contributed by atoms with Gasteiger partial charge in [-0.2, -0.15) is 5.10 Å². The molecule has 2 amide bonds. The number of hydrazone groups is 1. The first-order valence-electron chi connectivity index (χ1n) is 9.07. The van der Waals surface area contributed by atoms with Gasteiger partial charge in [-0.1, -0.05) is 17.7 Å². The molecule has 1 fully saturated rings. The predicted molar refractivity (Wildman–Crippen MR) is 108 cm³/mol. The van der Waals surface area contributed by atoms with Gasteiger partial charge in [0.2, 0.25) is 15.9 Å². The number of amides is 2. The molecule has 1 aromatic rings. The number of hydrogen-bond acceptors (Lipinski definition) is 5. The van der Waals surface area contributed by atoms with Gasteiger partial charge in [0.15, 0.2) is 0 Å². The van der Waals surface area contributed by atoms with Crippen molar-refractivity contribution in [3.8, 4) is 0 Å². The Bertz CT molecular complexity index is 924. The van der Waals surface area contributed by atoms with E-state index in [1.165, 1.54) is 15.6 Å². The van der Waals surface area contributed by atoms with Crippen molar-refractivity contribution in [2.24, 2.45) is 5.10 Å². The number of hydrogen-bond donors (Lipinski definition) is 1. The summed E-state index contributed by atoms with van der Waals surface area (Å²) in [6.07, 6.45) is 2.73. The minimum atomic E-state index is -3.21. The van der Waals surface area contributed by atoms with E-state index in [2.05, 4.69) is 10.4 Å². The van der Waals surface area contributed by atoms with Gasteiger partial charge in [-0.3, -0.25) is 9.59 Å². The van der Waals surface area contributed by atoms with Gasteiger partial charge in [-0.25, -0.2) is 17.7 Å². The molecule has 0 bridgehead atoms. The van der Waals surface area contributed by atoms with Crippen LogP contribution >= 0.6 is 11.6 Å². The molecule has 0 aromatic heterocycles. The number of halogens is 1. The first-order valence-corrected chi connectivity index (χ1v) is 11.3. The summed E-state index contributed by atoms with van der Waals surface area (Å²) in [5, 5.41) is 8.90. The van der Waals surface area contributed by atoms with E-state index in [0.717, 1.165) is 5.56 Å². The fraction of sp³-hybridized carbons (Fsp3) is 0.500. The van der Waals surface area contributed by atoms with Gasteiger partial charge in [0.25, 0.3) is 5.91 Å². The van der Waals surface area contributed by atoms with Crippen molar-refractivity contribution in [3.63, 3.8) is 0 Å². The van der Waals surface area contributed by atoms with Crippen molar-refractivity contribution < 1.29 is 18.0 Å². The Balaban J connectivity index is 1.68. The Morgan fingerprint density at radius 1 is 1.25 bits per heavy atom. The number of piperidine rings is 1.